The molecule has 1 aromatic heterocycles. The van der Waals surface area contributed by atoms with Gasteiger partial charge in [0.1, 0.15) is 12.4 Å². The van der Waals surface area contributed by atoms with E-state index < -0.39 is 0 Å². The Hall–Kier alpha value is -1.88. The zero-order valence-corrected chi connectivity index (χ0v) is 8.27. The number of H-pyrrole nitrogens is 1. The third-order valence-electron chi connectivity index (χ3n) is 2.01. The standard InChI is InChI=1S/C10H11N3O2/c1-15-8-4-2-3-7(5-8)10-11-9(6-14)12-13-10/h2-5,14H,6H2,1H3,(H,11,12,13). The molecule has 0 saturated heterocycles. The molecule has 0 aliphatic carbocycles. The summed E-state index contributed by atoms with van der Waals surface area (Å²) < 4.78 is 5.09. The Morgan fingerprint density at radius 3 is 3.00 bits per heavy atom. The van der Waals surface area contributed by atoms with Gasteiger partial charge in [0.05, 0.1) is 7.11 Å². The van der Waals surface area contributed by atoms with Crippen LogP contribution in [0, 0.1) is 0 Å². The summed E-state index contributed by atoms with van der Waals surface area (Å²) in [7, 11) is 1.61. The fourth-order valence-corrected chi connectivity index (χ4v) is 1.26. The van der Waals surface area contributed by atoms with E-state index >= 15 is 0 Å². The molecule has 2 rings (SSSR count). The lowest BCUT2D eigenvalue weighted by Gasteiger charge is -2.00. The first kappa shape index (κ1) is 9.67. The number of hydrogen-bond acceptors (Lipinski definition) is 4. The van der Waals surface area contributed by atoms with E-state index in [1.54, 1.807) is 7.11 Å². The van der Waals surface area contributed by atoms with E-state index in [9.17, 15) is 0 Å². The number of hydrogen-bond donors (Lipinski definition) is 2. The van der Waals surface area contributed by atoms with Gasteiger partial charge in [-0.1, -0.05) is 12.1 Å². The smallest absolute Gasteiger partial charge is 0.181 e. The summed E-state index contributed by atoms with van der Waals surface area (Å²) in [4.78, 5) is 4.10. The molecule has 5 nitrogen and oxygen atoms in total. The summed E-state index contributed by atoms with van der Waals surface area (Å²) >= 11 is 0. The molecule has 2 aromatic rings. The van der Waals surface area contributed by atoms with Crippen LogP contribution >= 0.6 is 0 Å². The lowest BCUT2D eigenvalue weighted by Crippen LogP contribution is -1.86. The molecule has 78 valence electrons. The zero-order valence-electron chi connectivity index (χ0n) is 8.27. The Morgan fingerprint density at radius 2 is 2.33 bits per heavy atom. The monoisotopic (exact) mass is 205 g/mol. The van der Waals surface area contributed by atoms with Gasteiger partial charge in [0.2, 0.25) is 0 Å². The van der Waals surface area contributed by atoms with Crippen LogP contribution in [0.15, 0.2) is 24.3 Å². The number of aliphatic hydroxyl groups excluding tert-OH is 1. The van der Waals surface area contributed by atoms with Crippen molar-refractivity contribution in [2.24, 2.45) is 0 Å². The molecule has 1 aromatic carbocycles. The predicted octanol–water partition coefficient (Wildman–Crippen LogP) is 0.973. The molecular formula is C10H11N3O2. The van der Waals surface area contributed by atoms with Crippen LogP contribution in [0.4, 0.5) is 0 Å². The lowest BCUT2D eigenvalue weighted by molar-refractivity contribution is 0.272. The minimum absolute atomic E-state index is 0.142. The van der Waals surface area contributed by atoms with Crippen molar-refractivity contribution in [3.63, 3.8) is 0 Å². The molecule has 0 bridgehead atoms. The van der Waals surface area contributed by atoms with Gasteiger partial charge < -0.3 is 9.84 Å². The van der Waals surface area contributed by atoms with Gasteiger partial charge in [0, 0.05) is 5.56 Å². The van der Waals surface area contributed by atoms with Crippen molar-refractivity contribution in [2.75, 3.05) is 7.11 Å². The Balaban J connectivity index is 2.35. The first-order valence-electron chi connectivity index (χ1n) is 4.50. The van der Waals surface area contributed by atoms with Crippen LogP contribution in [-0.2, 0) is 6.61 Å². The summed E-state index contributed by atoms with van der Waals surface area (Å²) in [5, 5.41) is 15.5. The van der Waals surface area contributed by atoms with Gasteiger partial charge >= 0.3 is 0 Å². The van der Waals surface area contributed by atoms with E-state index in [4.69, 9.17) is 9.84 Å². The molecule has 0 saturated carbocycles. The SMILES string of the molecule is COc1cccc(-c2n[nH]c(CO)n2)c1. The van der Waals surface area contributed by atoms with E-state index in [1.807, 2.05) is 24.3 Å². The van der Waals surface area contributed by atoms with Gasteiger partial charge in [-0.2, -0.15) is 5.10 Å². The average molecular weight is 205 g/mol. The second kappa shape index (κ2) is 4.10. The quantitative estimate of drug-likeness (QED) is 0.783. The number of benzene rings is 1. The van der Waals surface area contributed by atoms with E-state index in [-0.39, 0.29) is 6.61 Å². The molecule has 0 unspecified atom stereocenters. The van der Waals surface area contributed by atoms with Crippen LogP contribution in [-0.4, -0.2) is 27.4 Å². The molecule has 0 atom stereocenters. The maximum Gasteiger partial charge on any atom is 0.181 e. The van der Waals surface area contributed by atoms with E-state index in [0.717, 1.165) is 11.3 Å². The molecule has 0 aliphatic heterocycles. The summed E-state index contributed by atoms with van der Waals surface area (Å²) in [5.41, 5.74) is 0.852. The number of ether oxygens (including phenoxy) is 1. The molecule has 2 N–H and O–H groups in total. The van der Waals surface area contributed by atoms with E-state index in [0.29, 0.717) is 11.6 Å². The molecule has 15 heavy (non-hydrogen) atoms. The second-order valence-electron chi connectivity index (χ2n) is 3.00. The highest BCUT2D eigenvalue weighted by atomic mass is 16.5. The zero-order chi connectivity index (χ0) is 10.7. The van der Waals surface area contributed by atoms with Crippen molar-refractivity contribution >= 4 is 0 Å². The third kappa shape index (κ3) is 1.97. The molecule has 5 heteroatoms. The van der Waals surface area contributed by atoms with Gasteiger partial charge in [-0.05, 0) is 12.1 Å². The Morgan fingerprint density at radius 1 is 1.47 bits per heavy atom. The first-order chi connectivity index (χ1) is 7.33. The van der Waals surface area contributed by atoms with Crippen LogP contribution in [0.2, 0.25) is 0 Å². The van der Waals surface area contributed by atoms with Gasteiger partial charge in [0.15, 0.2) is 11.6 Å². The number of methoxy groups -OCH3 is 1. The third-order valence-corrected chi connectivity index (χ3v) is 2.01. The fourth-order valence-electron chi connectivity index (χ4n) is 1.26. The molecule has 0 fully saturated rings. The Kier molecular flexibility index (Phi) is 2.64. The predicted molar refractivity (Wildman–Crippen MR) is 54.3 cm³/mol. The molecule has 0 radical (unpaired) electrons. The van der Waals surface area contributed by atoms with Gasteiger partial charge in [-0.25, -0.2) is 4.98 Å². The fraction of sp³-hybridized carbons (Fsp3) is 0.200. The molecule has 0 spiro atoms. The summed E-state index contributed by atoms with van der Waals surface area (Å²) in [6.45, 7) is -0.142. The van der Waals surface area contributed by atoms with Crippen LogP contribution in [0.3, 0.4) is 0 Å². The minimum Gasteiger partial charge on any atom is -0.497 e. The first-order valence-corrected chi connectivity index (χ1v) is 4.50. The molecule has 0 aliphatic rings. The maximum atomic E-state index is 8.84. The highest BCUT2D eigenvalue weighted by Gasteiger charge is 2.05. The number of aromatic nitrogens is 3. The van der Waals surface area contributed by atoms with Crippen molar-refractivity contribution < 1.29 is 9.84 Å². The lowest BCUT2D eigenvalue weighted by atomic mass is 10.2. The number of aromatic amines is 1. The average Bonchev–Trinajstić information content (AvgIpc) is 2.78. The van der Waals surface area contributed by atoms with Crippen molar-refractivity contribution in [3.05, 3.63) is 30.1 Å². The van der Waals surface area contributed by atoms with Crippen molar-refractivity contribution in [1.82, 2.24) is 15.2 Å². The highest BCUT2D eigenvalue weighted by Crippen LogP contribution is 2.20. The number of nitrogens with zero attached hydrogens (tertiary/aromatic N) is 2. The van der Waals surface area contributed by atoms with Crippen LogP contribution < -0.4 is 4.74 Å². The maximum absolute atomic E-state index is 8.84. The minimum atomic E-state index is -0.142. The largest absolute Gasteiger partial charge is 0.497 e. The number of aliphatic hydroxyl groups is 1. The molecule has 0 amide bonds. The normalized spacial score (nSPS) is 10.3. The number of rotatable bonds is 3. The number of nitrogens with one attached hydrogen (secondary N) is 1. The van der Waals surface area contributed by atoms with Crippen molar-refractivity contribution in [2.45, 2.75) is 6.61 Å². The molecular weight excluding hydrogens is 194 g/mol. The van der Waals surface area contributed by atoms with Crippen LogP contribution in [0.1, 0.15) is 5.82 Å². The summed E-state index contributed by atoms with van der Waals surface area (Å²) in [6.07, 6.45) is 0. The van der Waals surface area contributed by atoms with Crippen LogP contribution in [0.5, 0.6) is 5.75 Å². The van der Waals surface area contributed by atoms with Gasteiger partial charge in [0.25, 0.3) is 0 Å². The van der Waals surface area contributed by atoms with E-state index in [1.165, 1.54) is 0 Å². The summed E-state index contributed by atoms with van der Waals surface area (Å²) in [6, 6.07) is 7.43. The Bertz CT molecular complexity index is 453. The Labute approximate surface area is 86.7 Å². The topological polar surface area (TPSA) is 71.0 Å². The van der Waals surface area contributed by atoms with Crippen molar-refractivity contribution in [3.8, 4) is 17.1 Å². The van der Waals surface area contributed by atoms with Crippen molar-refractivity contribution in [1.29, 1.82) is 0 Å². The second-order valence-corrected chi connectivity index (χ2v) is 3.00. The summed E-state index contributed by atoms with van der Waals surface area (Å²) in [5.74, 6) is 1.76. The van der Waals surface area contributed by atoms with E-state index in [2.05, 4.69) is 15.2 Å². The van der Waals surface area contributed by atoms with Crippen LogP contribution in [0.25, 0.3) is 11.4 Å². The highest BCUT2D eigenvalue weighted by molar-refractivity contribution is 5.57. The molecule has 1 heterocycles. The van der Waals surface area contributed by atoms with Gasteiger partial charge in [-0.3, -0.25) is 5.10 Å². The van der Waals surface area contributed by atoms with Gasteiger partial charge in [-0.15, -0.1) is 0 Å².